The van der Waals surface area contributed by atoms with Gasteiger partial charge in [-0.15, -0.1) is 0 Å². The quantitative estimate of drug-likeness (QED) is 0.309. The molecule has 2 aliphatic rings. The Hall–Kier alpha value is -2.67. The number of rotatable bonds is 7. The number of carboxylic acids is 1. The molecule has 162 valence electrons. The molecule has 0 radical (unpaired) electrons. The van der Waals surface area contributed by atoms with E-state index in [4.69, 9.17) is 5.21 Å². The minimum atomic E-state index is -1.24. The number of amides is 2. The van der Waals surface area contributed by atoms with E-state index in [0.29, 0.717) is 11.1 Å². The van der Waals surface area contributed by atoms with Gasteiger partial charge in [0.1, 0.15) is 5.54 Å². The van der Waals surface area contributed by atoms with Crippen LogP contribution in [-0.4, -0.2) is 33.6 Å². The maximum atomic E-state index is 13.2. The fourth-order valence-corrected chi connectivity index (χ4v) is 5.13. The van der Waals surface area contributed by atoms with Crippen LogP contribution in [0.4, 0.5) is 0 Å². The van der Waals surface area contributed by atoms with Crippen molar-refractivity contribution in [3.05, 3.63) is 41.5 Å². The van der Waals surface area contributed by atoms with Crippen LogP contribution in [-0.2, 0) is 9.59 Å². The average molecular weight is 415 g/mol. The Morgan fingerprint density at radius 2 is 1.57 bits per heavy atom. The van der Waals surface area contributed by atoms with Crippen molar-refractivity contribution in [1.82, 2.24) is 10.8 Å². The lowest BCUT2D eigenvalue weighted by atomic mass is 9.67. The van der Waals surface area contributed by atoms with Gasteiger partial charge >= 0.3 is 5.97 Å². The number of nitrogens with one attached hydrogen (secondary N) is 2. The third-order valence-electron chi connectivity index (χ3n) is 6.61. The number of aliphatic carboxylic acids is 1. The van der Waals surface area contributed by atoms with E-state index in [9.17, 15) is 19.5 Å². The van der Waals surface area contributed by atoms with Crippen LogP contribution in [0.15, 0.2) is 30.3 Å². The minimum Gasteiger partial charge on any atom is -0.479 e. The van der Waals surface area contributed by atoms with Crippen LogP contribution in [0.5, 0.6) is 0 Å². The third kappa shape index (κ3) is 4.73. The molecule has 2 aliphatic carbocycles. The van der Waals surface area contributed by atoms with E-state index in [2.05, 4.69) is 5.32 Å². The second-order valence-corrected chi connectivity index (χ2v) is 8.38. The molecule has 1 atom stereocenters. The van der Waals surface area contributed by atoms with Gasteiger partial charge in [0.05, 0.1) is 0 Å². The monoisotopic (exact) mass is 414 g/mol. The summed E-state index contributed by atoms with van der Waals surface area (Å²) in [5.41, 5.74) is 1.22. The van der Waals surface area contributed by atoms with Crippen molar-refractivity contribution in [2.45, 2.75) is 63.3 Å². The predicted molar refractivity (Wildman–Crippen MR) is 112 cm³/mol. The van der Waals surface area contributed by atoms with Crippen molar-refractivity contribution in [2.24, 2.45) is 11.8 Å². The second-order valence-electron chi connectivity index (χ2n) is 8.38. The van der Waals surface area contributed by atoms with Crippen LogP contribution >= 0.6 is 0 Å². The molecule has 2 saturated carbocycles. The van der Waals surface area contributed by atoms with Gasteiger partial charge in [-0.2, -0.15) is 0 Å². The van der Waals surface area contributed by atoms with E-state index >= 15 is 0 Å². The molecule has 1 aromatic rings. The number of carbonyl (C=O) groups excluding carboxylic acids is 2. The van der Waals surface area contributed by atoms with Crippen molar-refractivity contribution in [3.63, 3.8) is 0 Å². The smallest absolute Gasteiger partial charge is 0.330 e. The van der Waals surface area contributed by atoms with Gasteiger partial charge in [-0.1, -0.05) is 44.2 Å². The summed E-state index contributed by atoms with van der Waals surface area (Å²) in [7, 11) is 0. The molecule has 1 aromatic carbocycles. The minimum absolute atomic E-state index is 0.0571. The van der Waals surface area contributed by atoms with Crippen LogP contribution in [0.3, 0.4) is 0 Å². The summed E-state index contributed by atoms with van der Waals surface area (Å²) in [6.07, 6.45) is 11.0. The van der Waals surface area contributed by atoms with Gasteiger partial charge in [-0.25, -0.2) is 10.3 Å². The molecule has 0 heterocycles. The molecule has 0 saturated heterocycles. The molecule has 0 unspecified atom stereocenters. The first-order valence-electron chi connectivity index (χ1n) is 10.8. The molecule has 2 amide bonds. The summed E-state index contributed by atoms with van der Waals surface area (Å²) < 4.78 is 0. The summed E-state index contributed by atoms with van der Waals surface area (Å²) in [5.74, 6) is -2.12. The van der Waals surface area contributed by atoms with Crippen LogP contribution in [0.25, 0.3) is 6.08 Å². The van der Waals surface area contributed by atoms with Crippen LogP contribution < -0.4 is 10.8 Å². The number of hydrogen-bond acceptors (Lipinski definition) is 4. The topological polar surface area (TPSA) is 116 Å². The fraction of sp³-hybridized carbons (Fsp3) is 0.522. The molecule has 3 rings (SSSR count). The SMILES string of the molecule is O=C(C=Cc1cccc(C(=O)N[C@](C(=O)O)(C2CCCCC2)C2CCCC2)c1)NO. The number of hydroxylamine groups is 1. The molecular formula is C23H30N2O5. The molecule has 0 aromatic heterocycles. The van der Waals surface area contributed by atoms with Gasteiger partial charge in [0.2, 0.25) is 0 Å². The number of benzene rings is 1. The fourth-order valence-electron chi connectivity index (χ4n) is 5.13. The van der Waals surface area contributed by atoms with E-state index in [1.807, 2.05) is 0 Å². The Labute approximate surface area is 176 Å². The molecular weight excluding hydrogens is 384 g/mol. The Balaban J connectivity index is 1.88. The standard InChI is InChI=1S/C23H30N2O5/c26-20(25-30)14-13-16-7-6-8-17(15-16)21(27)24-23(22(28)29,19-11-4-5-12-19)18-9-2-1-3-10-18/h6-8,13-15,18-19,30H,1-5,9-12H2,(H,24,27)(H,25,26)(H,28,29)/t23-/m1/s1. The molecule has 0 aliphatic heterocycles. The zero-order valence-electron chi connectivity index (χ0n) is 17.1. The summed E-state index contributed by atoms with van der Waals surface area (Å²) in [6.45, 7) is 0. The third-order valence-corrected chi connectivity index (χ3v) is 6.61. The largest absolute Gasteiger partial charge is 0.479 e. The van der Waals surface area contributed by atoms with E-state index < -0.39 is 23.3 Å². The van der Waals surface area contributed by atoms with Crippen molar-refractivity contribution in [2.75, 3.05) is 0 Å². The molecule has 30 heavy (non-hydrogen) atoms. The highest BCUT2D eigenvalue weighted by atomic mass is 16.5. The molecule has 0 spiro atoms. The van der Waals surface area contributed by atoms with Gasteiger partial charge in [-0.05, 0) is 61.3 Å². The Morgan fingerprint density at radius 1 is 0.967 bits per heavy atom. The summed E-state index contributed by atoms with van der Waals surface area (Å²) in [6, 6.07) is 6.66. The summed E-state index contributed by atoms with van der Waals surface area (Å²) >= 11 is 0. The molecule has 2 fully saturated rings. The molecule has 7 heteroatoms. The normalized spacial score (nSPS) is 20.0. The predicted octanol–water partition coefficient (Wildman–Crippen LogP) is 3.53. The highest BCUT2D eigenvalue weighted by Gasteiger charge is 2.53. The van der Waals surface area contributed by atoms with Crippen molar-refractivity contribution >= 4 is 23.9 Å². The van der Waals surface area contributed by atoms with Crippen molar-refractivity contribution < 1.29 is 24.7 Å². The molecule has 0 bridgehead atoms. The number of carbonyl (C=O) groups is 3. The number of hydrogen-bond donors (Lipinski definition) is 4. The van der Waals surface area contributed by atoms with E-state index in [-0.39, 0.29) is 11.8 Å². The number of carboxylic acid groups (broad SMARTS) is 1. The Bertz CT molecular complexity index is 810. The Morgan fingerprint density at radius 3 is 2.13 bits per heavy atom. The Kier molecular flexibility index (Phi) is 7.26. The molecule has 7 nitrogen and oxygen atoms in total. The van der Waals surface area contributed by atoms with E-state index in [1.54, 1.807) is 24.3 Å². The van der Waals surface area contributed by atoms with Crippen LogP contribution in [0.2, 0.25) is 0 Å². The lowest BCUT2D eigenvalue weighted by molar-refractivity contribution is -0.151. The zero-order chi connectivity index (χ0) is 21.6. The maximum Gasteiger partial charge on any atom is 0.330 e. The summed E-state index contributed by atoms with van der Waals surface area (Å²) in [5, 5.41) is 21.9. The first kappa shape index (κ1) is 22.0. The highest BCUT2D eigenvalue weighted by Crippen LogP contribution is 2.44. The van der Waals surface area contributed by atoms with E-state index in [1.165, 1.54) is 11.6 Å². The van der Waals surface area contributed by atoms with Gasteiger partial charge in [0.15, 0.2) is 0 Å². The van der Waals surface area contributed by atoms with Gasteiger partial charge in [0.25, 0.3) is 11.8 Å². The van der Waals surface area contributed by atoms with E-state index in [0.717, 1.165) is 63.9 Å². The lowest BCUT2D eigenvalue weighted by Crippen LogP contribution is -2.63. The van der Waals surface area contributed by atoms with Gasteiger partial charge in [0, 0.05) is 11.6 Å². The first-order chi connectivity index (χ1) is 14.5. The van der Waals surface area contributed by atoms with Gasteiger partial charge in [-0.3, -0.25) is 14.8 Å². The average Bonchev–Trinajstić information content (AvgIpc) is 3.31. The summed E-state index contributed by atoms with van der Waals surface area (Å²) in [4.78, 5) is 37.0. The van der Waals surface area contributed by atoms with Crippen molar-refractivity contribution in [1.29, 1.82) is 0 Å². The van der Waals surface area contributed by atoms with Crippen LogP contribution in [0, 0.1) is 11.8 Å². The zero-order valence-corrected chi connectivity index (χ0v) is 17.1. The van der Waals surface area contributed by atoms with Gasteiger partial charge < -0.3 is 10.4 Å². The maximum absolute atomic E-state index is 13.2. The first-order valence-corrected chi connectivity index (χ1v) is 10.8. The second kappa shape index (κ2) is 9.89. The highest BCUT2D eigenvalue weighted by molar-refractivity contribution is 5.99. The van der Waals surface area contributed by atoms with Crippen LogP contribution in [0.1, 0.15) is 73.7 Å². The lowest BCUT2D eigenvalue weighted by Gasteiger charge is -2.44. The molecule has 4 N–H and O–H groups in total. The van der Waals surface area contributed by atoms with Crippen molar-refractivity contribution in [3.8, 4) is 0 Å².